The zero-order chi connectivity index (χ0) is 20.1. The molecule has 0 aliphatic rings. The van der Waals surface area contributed by atoms with E-state index in [2.05, 4.69) is 0 Å². The van der Waals surface area contributed by atoms with Crippen LogP contribution in [0.1, 0.15) is 28.6 Å². The Morgan fingerprint density at radius 1 is 1.11 bits per heavy atom. The minimum absolute atomic E-state index is 0.0992. The van der Waals surface area contributed by atoms with Gasteiger partial charge >= 0.3 is 5.97 Å². The number of carbonyl (C=O) groups excluding carboxylic acids is 2. The zero-order valence-corrected chi connectivity index (χ0v) is 16.2. The van der Waals surface area contributed by atoms with E-state index < -0.39 is 5.97 Å². The molecule has 0 saturated carbocycles. The molecule has 146 valence electrons. The van der Waals surface area contributed by atoms with E-state index in [1.165, 1.54) is 0 Å². The van der Waals surface area contributed by atoms with E-state index in [-0.39, 0.29) is 18.3 Å². The summed E-state index contributed by atoms with van der Waals surface area (Å²) in [5.41, 5.74) is 2.24. The van der Waals surface area contributed by atoms with Gasteiger partial charge in [-0.15, -0.1) is 0 Å². The van der Waals surface area contributed by atoms with Crippen molar-refractivity contribution in [1.82, 2.24) is 4.90 Å². The summed E-state index contributed by atoms with van der Waals surface area (Å²) in [4.78, 5) is 26.5. The quantitative estimate of drug-likeness (QED) is 0.580. The molecule has 1 aromatic heterocycles. The molecule has 0 fully saturated rings. The molecule has 3 aromatic rings. The smallest absolute Gasteiger partial charge is 0.375 e. The minimum Gasteiger partial charge on any atom is -0.497 e. The van der Waals surface area contributed by atoms with Crippen LogP contribution in [0, 0.1) is 6.92 Å². The van der Waals surface area contributed by atoms with Crippen molar-refractivity contribution in [3.63, 3.8) is 0 Å². The lowest BCUT2D eigenvalue weighted by Crippen LogP contribution is -2.34. The highest BCUT2D eigenvalue weighted by Crippen LogP contribution is 2.29. The van der Waals surface area contributed by atoms with Crippen molar-refractivity contribution in [2.75, 3.05) is 20.3 Å². The van der Waals surface area contributed by atoms with Crippen LogP contribution in [-0.4, -0.2) is 37.0 Å². The highest BCUT2D eigenvalue weighted by molar-refractivity contribution is 5.97. The minimum atomic E-state index is -0.656. The van der Waals surface area contributed by atoms with Gasteiger partial charge in [-0.05, 0) is 37.6 Å². The number of ether oxygens (including phenoxy) is 2. The van der Waals surface area contributed by atoms with Crippen LogP contribution in [0.15, 0.2) is 52.9 Å². The van der Waals surface area contributed by atoms with Gasteiger partial charge in [0.2, 0.25) is 5.76 Å². The van der Waals surface area contributed by atoms with E-state index in [0.29, 0.717) is 30.0 Å². The maximum absolute atomic E-state index is 12.5. The van der Waals surface area contributed by atoms with Gasteiger partial charge in [-0.2, -0.15) is 0 Å². The second-order valence-electron chi connectivity index (χ2n) is 6.39. The molecule has 0 radical (unpaired) electrons. The molecule has 28 heavy (non-hydrogen) atoms. The number of hydrogen-bond donors (Lipinski definition) is 0. The number of carbonyl (C=O) groups is 2. The maximum Gasteiger partial charge on any atom is 0.375 e. The van der Waals surface area contributed by atoms with Gasteiger partial charge in [-0.3, -0.25) is 4.79 Å². The molecule has 1 heterocycles. The van der Waals surface area contributed by atoms with Crippen LogP contribution >= 0.6 is 0 Å². The van der Waals surface area contributed by atoms with Gasteiger partial charge in [-0.25, -0.2) is 4.79 Å². The third-order valence-corrected chi connectivity index (χ3v) is 4.61. The summed E-state index contributed by atoms with van der Waals surface area (Å²) in [5.74, 6) is -0.139. The van der Waals surface area contributed by atoms with Gasteiger partial charge in [-0.1, -0.05) is 30.3 Å². The molecule has 3 rings (SSSR count). The number of likely N-dealkylation sites (N-methyl/N-ethyl adjacent to an activating group) is 1. The summed E-state index contributed by atoms with van der Waals surface area (Å²) < 4.78 is 16.0. The normalized spacial score (nSPS) is 10.7. The lowest BCUT2D eigenvalue weighted by atomic mass is 10.1. The molecule has 0 spiro atoms. The molecule has 6 nitrogen and oxygen atoms in total. The summed E-state index contributed by atoms with van der Waals surface area (Å²) in [6.07, 6.45) is 0. The first kappa shape index (κ1) is 19.5. The molecular formula is C22H23NO5. The van der Waals surface area contributed by atoms with Crippen molar-refractivity contribution < 1.29 is 23.5 Å². The summed E-state index contributed by atoms with van der Waals surface area (Å²) in [6, 6.07) is 15.0. The lowest BCUT2D eigenvalue weighted by molar-refractivity contribution is -0.135. The number of hydrogen-bond acceptors (Lipinski definition) is 5. The number of aryl methyl sites for hydroxylation is 1. The highest BCUT2D eigenvalue weighted by Gasteiger charge is 2.21. The fourth-order valence-corrected chi connectivity index (χ4v) is 2.99. The number of benzene rings is 2. The number of rotatable bonds is 7. The van der Waals surface area contributed by atoms with Crippen molar-refractivity contribution in [3.05, 3.63) is 65.4 Å². The first-order chi connectivity index (χ1) is 13.5. The van der Waals surface area contributed by atoms with E-state index in [4.69, 9.17) is 13.9 Å². The first-order valence-corrected chi connectivity index (χ1v) is 9.09. The lowest BCUT2D eigenvalue weighted by Gasteiger charge is -2.20. The number of esters is 1. The van der Waals surface area contributed by atoms with Gasteiger partial charge in [0, 0.05) is 24.0 Å². The molecular weight excluding hydrogens is 358 g/mol. The molecule has 0 bridgehead atoms. The van der Waals surface area contributed by atoms with Gasteiger partial charge in [0.25, 0.3) is 5.91 Å². The molecule has 0 aliphatic heterocycles. The van der Waals surface area contributed by atoms with Crippen LogP contribution in [0.5, 0.6) is 5.75 Å². The number of furan rings is 1. The Morgan fingerprint density at radius 2 is 1.86 bits per heavy atom. The van der Waals surface area contributed by atoms with Crippen LogP contribution in [-0.2, 0) is 16.1 Å². The number of nitrogens with zero attached hydrogens (tertiary/aromatic N) is 1. The molecule has 0 atom stereocenters. The third kappa shape index (κ3) is 4.17. The summed E-state index contributed by atoms with van der Waals surface area (Å²) in [7, 11) is 1.58. The second-order valence-corrected chi connectivity index (χ2v) is 6.39. The van der Waals surface area contributed by atoms with Crippen molar-refractivity contribution in [3.8, 4) is 5.75 Å². The Labute approximate surface area is 163 Å². The first-order valence-electron chi connectivity index (χ1n) is 9.09. The van der Waals surface area contributed by atoms with Crippen LogP contribution in [0.2, 0.25) is 0 Å². The maximum atomic E-state index is 12.5. The highest BCUT2D eigenvalue weighted by atomic mass is 16.5. The van der Waals surface area contributed by atoms with E-state index in [1.807, 2.05) is 37.3 Å². The van der Waals surface area contributed by atoms with E-state index in [9.17, 15) is 9.59 Å². The van der Waals surface area contributed by atoms with Crippen LogP contribution in [0.4, 0.5) is 0 Å². The fourth-order valence-electron chi connectivity index (χ4n) is 2.99. The predicted octanol–water partition coefficient (Wildman–Crippen LogP) is 3.96. The Hall–Kier alpha value is -3.28. The Morgan fingerprint density at radius 3 is 2.54 bits per heavy atom. The molecule has 0 unspecified atom stereocenters. The monoisotopic (exact) mass is 381 g/mol. The average molecular weight is 381 g/mol. The van der Waals surface area contributed by atoms with Crippen molar-refractivity contribution >= 4 is 22.8 Å². The van der Waals surface area contributed by atoms with Crippen molar-refractivity contribution in [2.24, 2.45) is 0 Å². The molecule has 0 saturated heterocycles. The van der Waals surface area contributed by atoms with Crippen LogP contribution < -0.4 is 4.74 Å². The summed E-state index contributed by atoms with van der Waals surface area (Å²) in [5, 5.41) is 0.775. The van der Waals surface area contributed by atoms with Crippen LogP contribution in [0.3, 0.4) is 0 Å². The Bertz CT molecular complexity index is 977. The van der Waals surface area contributed by atoms with E-state index >= 15 is 0 Å². The standard InChI is InChI=1S/C22H23NO5/c1-4-23(13-16-8-6-5-7-9-16)20(24)14-27-22(25)21-15(2)18-12-17(26-3)10-11-19(18)28-21/h5-12H,4,13-14H2,1-3H3. The zero-order valence-electron chi connectivity index (χ0n) is 16.2. The second kappa shape index (κ2) is 8.61. The third-order valence-electron chi connectivity index (χ3n) is 4.61. The number of amides is 1. The fraction of sp³-hybridized carbons (Fsp3) is 0.273. The van der Waals surface area contributed by atoms with Crippen molar-refractivity contribution in [1.29, 1.82) is 0 Å². The van der Waals surface area contributed by atoms with Gasteiger partial charge in [0.1, 0.15) is 11.3 Å². The van der Waals surface area contributed by atoms with Gasteiger partial charge in [0.15, 0.2) is 6.61 Å². The largest absolute Gasteiger partial charge is 0.497 e. The molecule has 1 amide bonds. The van der Waals surface area contributed by atoms with E-state index in [0.717, 1.165) is 10.9 Å². The van der Waals surface area contributed by atoms with E-state index in [1.54, 1.807) is 37.1 Å². The topological polar surface area (TPSA) is 69.0 Å². The molecule has 6 heteroatoms. The number of methoxy groups -OCH3 is 1. The van der Waals surface area contributed by atoms with Crippen molar-refractivity contribution in [2.45, 2.75) is 20.4 Å². The Balaban J connectivity index is 1.66. The van der Waals surface area contributed by atoms with Crippen LogP contribution in [0.25, 0.3) is 11.0 Å². The summed E-state index contributed by atoms with van der Waals surface area (Å²) in [6.45, 7) is 4.32. The summed E-state index contributed by atoms with van der Waals surface area (Å²) >= 11 is 0. The average Bonchev–Trinajstić information content (AvgIpc) is 3.06. The molecule has 0 N–H and O–H groups in total. The van der Waals surface area contributed by atoms with Gasteiger partial charge < -0.3 is 18.8 Å². The SMILES string of the molecule is CCN(Cc1ccccc1)C(=O)COC(=O)c1oc2ccc(OC)cc2c1C. The van der Waals surface area contributed by atoms with Gasteiger partial charge in [0.05, 0.1) is 7.11 Å². The molecule has 0 aliphatic carbocycles. The predicted molar refractivity (Wildman–Crippen MR) is 105 cm³/mol. The number of fused-ring (bicyclic) bond motifs is 1. The Kier molecular flexibility index (Phi) is 5.99. The molecule has 2 aromatic carbocycles.